The highest BCUT2D eigenvalue weighted by Gasteiger charge is 2.24. The topological polar surface area (TPSA) is 137 Å². The molecule has 0 saturated heterocycles. The summed E-state index contributed by atoms with van der Waals surface area (Å²) in [5, 5.41) is 12.6. The summed E-state index contributed by atoms with van der Waals surface area (Å²) >= 11 is 0. The molecule has 10 heteroatoms. The third-order valence-electron chi connectivity index (χ3n) is 5.54. The summed E-state index contributed by atoms with van der Waals surface area (Å²) in [6, 6.07) is 3.56. The largest absolute Gasteiger partial charge is 0.509 e. The van der Waals surface area contributed by atoms with E-state index in [4.69, 9.17) is 18.9 Å². The Hall–Kier alpha value is -3.14. The third-order valence-corrected chi connectivity index (χ3v) is 5.54. The smallest absolute Gasteiger partial charge is 0.480 e. The molecule has 37 heavy (non-hydrogen) atoms. The van der Waals surface area contributed by atoms with Crippen LogP contribution in [0.2, 0.25) is 0 Å². The fraction of sp³-hybridized carbons (Fsp3) is 0.630. The number of hydrogen-bond acceptors (Lipinski definition) is 9. The van der Waals surface area contributed by atoms with Crippen molar-refractivity contribution in [3.05, 3.63) is 23.8 Å². The molecule has 1 rings (SSSR count). The monoisotopic (exact) mass is 523 g/mol. The number of benzene rings is 1. The lowest BCUT2D eigenvalue weighted by Gasteiger charge is -2.22. The zero-order valence-corrected chi connectivity index (χ0v) is 23.1. The Morgan fingerprint density at radius 2 is 1.46 bits per heavy atom. The number of carbonyl (C=O) groups is 4. The third kappa shape index (κ3) is 11.6. The van der Waals surface area contributed by atoms with E-state index in [0.717, 1.165) is 0 Å². The van der Waals surface area contributed by atoms with E-state index in [9.17, 15) is 24.3 Å². The highest BCUT2D eigenvalue weighted by molar-refractivity contribution is 5.78. The van der Waals surface area contributed by atoms with Gasteiger partial charge in [0.15, 0.2) is 11.5 Å². The number of carbonyl (C=O) groups excluding carboxylic acids is 3. The second-order valence-corrected chi connectivity index (χ2v) is 10.1. The SMILES string of the molecule is CCC(C)C(=O)Oc1ccc(C[C@H](NCC(C)OC(=O)OC(C)(C)C)C(=O)O)cc1OC(=O)C(C)CC. The van der Waals surface area contributed by atoms with E-state index in [1.807, 2.05) is 13.8 Å². The first-order valence-electron chi connectivity index (χ1n) is 12.6. The number of carboxylic acids is 1. The van der Waals surface area contributed by atoms with Crippen LogP contribution in [0.3, 0.4) is 0 Å². The second-order valence-electron chi connectivity index (χ2n) is 10.1. The first-order chi connectivity index (χ1) is 17.2. The normalized spacial score (nSPS) is 14.6. The molecule has 1 aromatic rings. The summed E-state index contributed by atoms with van der Waals surface area (Å²) in [4.78, 5) is 48.5. The predicted molar refractivity (Wildman–Crippen MR) is 137 cm³/mol. The minimum atomic E-state index is -1.12. The van der Waals surface area contributed by atoms with E-state index in [1.165, 1.54) is 12.1 Å². The number of ether oxygens (including phenoxy) is 4. The van der Waals surface area contributed by atoms with Crippen LogP contribution in [-0.4, -0.2) is 53.5 Å². The molecule has 0 fully saturated rings. The van der Waals surface area contributed by atoms with Gasteiger partial charge in [0, 0.05) is 6.54 Å². The van der Waals surface area contributed by atoms with Crippen LogP contribution >= 0.6 is 0 Å². The van der Waals surface area contributed by atoms with Crippen molar-refractivity contribution in [2.45, 2.75) is 92.4 Å². The number of carboxylic acid groups (broad SMARTS) is 1. The lowest BCUT2D eigenvalue weighted by molar-refractivity contribution is -0.141. The molecule has 0 radical (unpaired) electrons. The highest BCUT2D eigenvalue weighted by atomic mass is 16.7. The quantitative estimate of drug-likeness (QED) is 0.280. The molecule has 3 unspecified atom stereocenters. The predicted octanol–water partition coefficient (Wildman–Crippen LogP) is 4.52. The van der Waals surface area contributed by atoms with Crippen LogP contribution in [0.25, 0.3) is 0 Å². The van der Waals surface area contributed by atoms with Gasteiger partial charge in [-0.15, -0.1) is 0 Å². The summed E-state index contributed by atoms with van der Waals surface area (Å²) in [5.41, 5.74) is -0.171. The van der Waals surface area contributed by atoms with Crippen molar-refractivity contribution in [2.24, 2.45) is 11.8 Å². The summed E-state index contributed by atoms with van der Waals surface area (Å²) in [6.45, 7) is 14.0. The number of nitrogens with one attached hydrogen (secondary N) is 1. The zero-order valence-electron chi connectivity index (χ0n) is 23.1. The molecule has 0 aliphatic heterocycles. The van der Waals surface area contributed by atoms with Gasteiger partial charge in [-0.1, -0.05) is 33.8 Å². The highest BCUT2D eigenvalue weighted by Crippen LogP contribution is 2.31. The average Bonchev–Trinajstić information content (AvgIpc) is 2.80. The Labute approximate surface area is 219 Å². The molecule has 0 aliphatic rings. The van der Waals surface area contributed by atoms with Crippen LogP contribution in [0.1, 0.15) is 73.8 Å². The molecule has 4 atom stereocenters. The summed E-state index contributed by atoms with van der Waals surface area (Å²) in [7, 11) is 0. The van der Waals surface area contributed by atoms with Crippen LogP contribution in [0.4, 0.5) is 4.79 Å². The lowest BCUT2D eigenvalue weighted by atomic mass is 10.0. The van der Waals surface area contributed by atoms with Gasteiger partial charge in [-0.2, -0.15) is 0 Å². The van der Waals surface area contributed by atoms with Crippen molar-refractivity contribution in [2.75, 3.05) is 6.54 Å². The van der Waals surface area contributed by atoms with Gasteiger partial charge in [-0.05, 0) is 64.7 Å². The molecule has 208 valence electrons. The van der Waals surface area contributed by atoms with Crippen LogP contribution in [0, 0.1) is 11.8 Å². The van der Waals surface area contributed by atoms with Gasteiger partial charge in [-0.25, -0.2) is 4.79 Å². The molecule has 0 amide bonds. The number of rotatable bonds is 13. The van der Waals surface area contributed by atoms with Crippen molar-refractivity contribution in [3.63, 3.8) is 0 Å². The Bertz CT molecular complexity index is 938. The van der Waals surface area contributed by atoms with Gasteiger partial charge in [0.05, 0.1) is 11.8 Å². The molecule has 1 aromatic carbocycles. The standard InChI is InChI=1S/C27H41NO9/c1-9-16(3)24(31)35-21-12-11-19(14-22(21)36-25(32)17(4)10-2)13-20(23(29)30)28-15-18(5)34-26(33)37-27(6,7)8/h11-12,14,16-18,20,28H,9-10,13,15H2,1-8H3,(H,29,30)/t16?,17?,18?,20-/m0/s1. The van der Waals surface area contributed by atoms with Crippen molar-refractivity contribution in [1.29, 1.82) is 0 Å². The van der Waals surface area contributed by atoms with E-state index in [-0.39, 0.29) is 36.3 Å². The molecule has 0 spiro atoms. The number of hydrogen-bond donors (Lipinski definition) is 2. The summed E-state index contributed by atoms with van der Waals surface area (Å²) in [6.07, 6.45) is -0.312. The Morgan fingerprint density at radius 3 is 1.95 bits per heavy atom. The maximum absolute atomic E-state index is 12.4. The molecule has 10 nitrogen and oxygen atoms in total. The van der Waals surface area contributed by atoms with Gasteiger partial charge in [0.1, 0.15) is 17.7 Å². The zero-order chi connectivity index (χ0) is 28.3. The maximum Gasteiger partial charge on any atom is 0.509 e. The van der Waals surface area contributed by atoms with Gasteiger partial charge in [0.25, 0.3) is 0 Å². The van der Waals surface area contributed by atoms with E-state index < -0.39 is 41.8 Å². The van der Waals surface area contributed by atoms with Gasteiger partial charge >= 0.3 is 24.1 Å². The first kappa shape index (κ1) is 31.9. The molecule has 0 bridgehead atoms. The van der Waals surface area contributed by atoms with Crippen LogP contribution in [0.5, 0.6) is 11.5 Å². The van der Waals surface area contributed by atoms with Crippen LogP contribution in [-0.2, 0) is 30.3 Å². The van der Waals surface area contributed by atoms with E-state index in [1.54, 1.807) is 47.6 Å². The molecular weight excluding hydrogens is 482 g/mol. The van der Waals surface area contributed by atoms with Gasteiger partial charge in [-0.3, -0.25) is 14.4 Å². The average molecular weight is 524 g/mol. The van der Waals surface area contributed by atoms with Crippen molar-refractivity contribution in [3.8, 4) is 11.5 Å². The Morgan fingerprint density at radius 1 is 0.919 bits per heavy atom. The van der Waals surface area contributed by atoms with Gasteiger partial charge in [0.2, 0.25) is 0 Å². The Kier molecular flexibility index (Phi) is 12.6. The lowest BCUT2D eigenvalue weighted by Crippen LogP contribution is -2.43. The van der Waals surface area contributed by atoms with E-state index in [2.05, 4.69) is 5.32 Å². The fourth-order valence-corrected chi connectivity index (χ4v) is 2.87. The minimum Gasteiger partial charge on any atom is -0.480 e. The minimum absolute atomic E-state index is 0.0297. The molecule has 0 saturated carbocycles. The second kappa shape index (κ2) is 14.6. The molecule has 0 aliphatic carbocycles. The molecule has 2 N–H and O–H groups in total. The van der Waals surface area contributed by atoms with Crippen LogP contribution < -0.4 is 14.8 Å². The first-order valence-corrected chi connectivity index (χ1v) is 12.6. The van der Waals surface area contributed by atoms with Crippen molar-refractivity contribution < 1.29 is 43.2 Å². The maximum atomic E-state index is 12.4. The summed E-state index contributed by atoms with van der Waals surface area (Å²) in [5.74, 6) is -2.64. The van der Waals surface area contributed by atoms with Gasteiger partial charge < -0.3 is 29.4 Å². The number of aliphatic carboxylic acids is 1. The van der Waals surface area contributed by atoms with E-state index >= 15 is 0 Å². The van der Waals surface area contributed by atoms with E-state index in [0.29, 0.717) is 18.4 Å². The van der Waals surface area contributed by atoms with Crippen molar-refractivity contribution in [1.82, 2.24) is 5.32 Å². The summed E-state index contributed by atoms with van der Waals surface area (Å²) < 4.78 is 21.3. The molecule has 0 aromatic heterocycles. The fourth-order valence-electron chi connectivity index (χ4n) is 2.87. The number of esters is 2. The molecule has 0 heterocycles. The van der Waals surface area contributed by atoms with Crippen LogP contribution in [0.15, 0.2) is 18.2 Å². The van der Waals surface area contributed by atoms with Crippen molar-refractivity contribution >= 4 is 24.1 Å². The Balaban J connectivity index is 3.02. The molecular formula is C27H41NO9.